The van der Waals surface area contributed by atoms with Gasteiger partial charge in [-0.2, -0.15) is 4.40 Å². The van der Waals surface area contributed by atoms with Crippen molar-refractivity contribution in [1.82, 2.24) is 14.7 Å². The highest BCUT2D eigenvalue weighted by atomic mass is 16.1. The van der Waals surface area contributed by atoms with Crippen LogP contribution >= 0.6 is 0 Å². The van der Waals surface area contributed by atoms with Crippen molar-refractivity contribution in [3.8, 4) is 0 Å². The Morgan fingerprint density at radius 1 is 1.39 bits per heavy atom. The number of nitrogens with zero attached hydrogens (tertiary/aromatic N) is 2. The molecular weight excluding hydrogens is 354 g/mol. The summed E-state index contributed by atoms with van der Waals surface area (Å²) >= 11 is 0. The number of aromatic amines is 1. The average Bonchev–Trinajstić information content (AvgIpc) is 3.19. The van der Waals surface area contributed by atoms with E-state index in [1.54, 1.807) is 22.7 Å². The lowest BCUT2D eigenvalue weighted by Crippen LogP contribution is -2.29. The summed E-state index contributed by atoms with van der Waals surface area (Å²) in [6.07, 6.45) is 7.83. The Bertz CT molecular complexity index is 1130. The molecule has 3 aromatic heterocycles. The third-order valence-corrected chi connectivity index (χ3v) is 5.16. The number of anilines is 1. The van der Waals surface area contributed by atoms with Crippen LogP contribution in [0.25, 0.3) is 16.7 Å². The third-order valence-electron chi connectivity index (χ3n) is 5.16. The number of fused-ring (bicyclic) bond motifs is 2. The maximum atomic E-state index is 13.0. The number of H-pyrrole nitrogens is 1. The summed E-state index contributed by atoms with van der Waals surface area (Å²) in [7, 11) is 0. The van der Waals surface area contributed by atoms with Gasteiger partial charge in [-0.05, 0) is 37.5 Å². The standard InChI is InChI=1S/C21H23N5O2/c1-3-10-22-20(27)15-11-16-19(25-18(15)23-14-6-4-5-7-14)24-17-9-8-13(2)12-26(17)21(16)28/h3,8-9,11-12,14H,1,4-7,10H2,2H3,(H,22,27)(H,23,25)/p+1. The first kappa shape index (κ1) is 18.2. The number of rotatable bonds is 5. The predicted octanol–water partition coefficient (Wildman–Crippen LogP) is 2.24. The van der Waals surface area contributed by atoms with Crippen molar-refractivity contribution in [2.75, 3.05) is 11.9 Å². The van der Waals surface area contributed by atoms with E-state index in [0.29, 0.717) is 40.6 Å². The summed E-state index contributed by atoms with van der Waals surface area (Å²) in [6, 6.07) is 5.71. The van der Waals surface area contributed by atoms with E-state index in [1.165, 1.54) is 12.8 Å². The molecule has 0 unspecified atom stereocenters. The molecule has 7 nitrogen and oxygen atoms in total. The second-order valence-electron chi connectivity index (χ2n) is 7.30. The fourth-order valence-corrected chi connectivity index (χ4v) is 3.71. The van der Waals surface area contributed by atoms with Crippen LogP contribution < -0.4 is 21.2 Å². The third kappa shape index (κ3) is 3.35. The molecule has 4 rings (SSSR count). The van der Waals surface area contributed by atoms with Crippen molar-refractivity contribution in [3.05, 3.63) is 58.5 Å². The number of aryl methyl sites for hydroxylation is 1. The van der Waals surface area contributed by atoms with Gasteiger partial charge in [0.1, 0.15) is 10.9 Å². The first-order chi connectivity index (χ1) is 13.6. The van der Waals surface area contributed by atoms with E-state index in [9.17, 15) is 9.59 Å². The predicted molar refractivity (Wildman–Crippen MR) is 109 cm³/mol. The van der Waals surface area contributed by atoms with Crippen LogP contribution in [0.15, 0.2) is 41.8 Å². The molecule has 0 bridgehead atoms. The quantitative estimate of drug-likeness (QED) is 0.526. The Morgan fingerprint density at radius 3 is 2.93 bits per heavy atom. The number of hydrogen-bond donors (Lipinski definition) is 2. The van der Waals surface area contributed by atoms with Gasteiger partial charge >= 0.3 is 5.56 Å². The fraction of sp³-hybridized carbons (Fsp3) is 0.333. The van der Waals surface area contributed by atoms with Crippen molar-refractivity contribution < 1.29 is 9.78 Å². The molecule has 0 aliphatic heterocycles. The minimum absolute atomic E-state index is 0.204. The number of hydrogen-bond acceptors (Lipinski definition) is 4. The van der Waals surface area contributed by atoms with Crippen LogP contribution in [0, 0.1) is 6.92 Å². The Hall–Kier alpha value is -3.22. The summed E-state index contributed by atoms with van der Waals surface area (Å²) < 4.78 is 1.55. The number of aromatic nitrogens is 3. The van der Waals surface area contributed by atoms with Crippen LogP contribution in [-0.2, 0) is 0 Å². The molecule has 0 radical (unpaired) electrons. The second-order valence-corrected chi connectivity index (χ2v) is 7.30. The minimum Gasteiger partial charge on any atom is -0.353 e. The highest BCUT2D eigenvalue weighted by molar-refractivity contribution is 6.01. The summed E-state index contributed by atoms with van der Waals surface area (Å²) in [5, 5.41) is 6.58. The van der Waals surface area contributed by atoms with E-state index in [2.05, 4.69) is 27.2 Å². The zero-order valence-corrected chi connectivity index (χ0v) is 15.9. The normalized spacial score (nSPS) is 14.5. The van der Waals surface area contributed by atoms with Crippen molar-refractivity contribution in [1.29, 1.82) is 0 Å². The zero-order valence-electron chi connectivity index (χ0n) is 15.9. The van der Waals surface area contributed by atoms with Crippen LogP contribution in [0.5, 0.6) is 0 Å². The first-order valence-corrected chi connectivity index (χ1v) is 9.61. The average molecular weight is 378 g/mol. The molecule has 1 amide bonds. The maximum absolute atomic E-state index is 13.0. The van der Waals surface area contributed by atoms with E-state index in [1.807, 2.05) is 19.1 Å². The number of amides is 1. The Labute approximate surface area is 162 Å². The van der Waals surface area contributed by atoms with E-state index < -0.39 is 0 Å². The SMILES string of the molecule is C=CCNC(=O)c1cc2c(=O)n3cc(C)ccc3[nH+]c2nc1NC1CCCC1. The van der Waals surface area contributed by atoms with Gasteiger partial charge in [-0.3, -0.25) is 4.79 Å². The van der Waals surface area contributed by atoms with Crippen LogP contribution in [0.4, 0.5) is 5.82 Å². The fourth-order valence-electron chi connectivity index (χ4n) is 3.71. The van der Waals surface area contributed by atoms with Crippen molar-refractivity contribution in [2.45, 2.75) is 38.6 Å². The number of carbonyl (C=O) groups is 1. The summed E-state index contributed by atoms with van der Waals surface area (Å²) in [5.74, 6) is 0.233. The van der Waals surface area contributed by atoms with Crippen molar-refractivity contribution in [3.63, 3.8) is 0 Å². The molecule has 1 saturated carbocycles. The highest BCUT2D eigenvalue weighted by Crippen LogP contribution is 2.24. The van der Waals surface area contributed by atoms with Crippen LogP contribution in [0.2, 0.25) is 0 Å². The molecule has 0 saturated heterocycles. The van der Waals surface area contributed by atoms with Gasteiger partial charge in [0.05, 0.1) is 6.20 Å². The smallest absolute Gasteiger partial charge is 0.325 e. The lowest BCUT2D eigenvalue weighted by Gasteiger charge is -2.14. The number of pyridine rings is 2. The maximum Gasteiger partial charge on any atom is 0.325 e. The monoisotopic (exact) mass is 378 g/mol. The van der Waals surface area contributed by atoms with E-state index in [4.69, 9.17) is 0 Å². The van der Waals surface area contributed by atoms with Gasteiger partial charge in [-0.1, -0.05) is 23.9 Å². The lowest BCUT2D eigenvalue weighted by molar-refractivity contribution is -0.319. The van der Waals surface area contributed by atoms with Crippen LogP contribution in [-0.4, -0.2) is 27.9 Å². The van der Waals surface area contributed by atoms with E-state index in [0.717, 1.165) is 18.4 Å². The molecule has 1 fully saturated rings. The molecule has 28 heavy (non-hydrogen) atoms. The van der Waals surface area contributed by atoms with Gasteiger partial charge in [-0.25, -0.2) is 9.78 Å². The van der Waals surface area contributed by atoms with Crippen molar-refractivity contribution in [2.24, 2.45) is 0 Å². The van der Waals surface area contributed by atoms with Gasteiger partial charge in [0.2, 0.25) is 11.5 Å². The molecule has 7 heteroatoms. The van der Waals surface area contributed by atoms with Gasteiger partial charge in [-0.15, -0.1) is 6.58 Å². The molecular formula is C21H24N5O2+. The molecule has 3 aromatic rings. The molecule has 0 aromatic carbocycles. The Balaban J connectivity index is 1.89. The molecule has 0 spiro atoms. The van der Waals surface area contributed by atoms with Gasteiger partial charge in [0.25, 0.3) is 11.6 Å². The first-order valence-electron chi connectivity index (χ1n) is 9.61. The van der Waals surface area contributed by atoms with E-state index >= 15 is 0 Å². The highest BCUT2D eigenvalue weighted by Gasteiger charge is 2.24. The van der Waals surface area contributed by atoms with Crippen molar-refractivity contribution >= 4 is 28.4 Å². The molecule has 1 aliphatic carbocycles. The van der Waals surface area contributed by atoms with Gasteiger partial charge in [0.15, 0.2) is 0 Å². The summed E-state index contributed by atoms with van der Waals surface area (Å²) in [5.41, 5.74) is 2.27. The van der Waals surface area contributed by atoms with Gasteiger partial charge in [0, 0.05) is 18.7 Å². The topological polar surface area (TPSA) is 89.6 Å². The minimum atomic E-state index is -0.275. The largest absolute Gasteiger partial charge is 0.353 e. The number of carbonyl (C=O) groups excluding carboxylic acids is 1. The molecule has 0 atom stereocenters. The summed E-state index contributed by atoms with van der Waals surface area (Å²) in [6.45, 7) is 5.91. The van der Waals surface area contributed by atoms with Crippen LogP contribution in [0.3, 0.4) is 0 Å². The number of nitrogens with one attached hydrogen (secondary N) is 3. The van der Waals surface area contributed by atoms with Crippen LogP contribution in [0.1, 0.15) is 41.6 Å². The molecule has 1 aliphatic rings. The molecule has 3 heterocycles. The van der Waals surface area contributed by atoms with E-state index in [-0.39, 0.29) is 11.5 Å². The zero-order chi connectivity index (χ0) is 19.7. The second kappa shape index (κ2) is 7.42. The Kier molecular flexibility index (Phi) is 4.81. The summed E-state index contributed by atoms with van der Waals surface area (Å²) in [4.78, 5) is 33.6. The molecule has 3 N–H and O–H groups in total. The Morgan fingerprint density at radius 2 is 2.18 bits per heavy atom. The molecule has 144 valence electrons. The van der Waals surface area contributed by atoms with Gasteiger partial charge < -0.3 is 10.6 Å². The lowest BCUT2D eigenvalue weighted by atomic mass is 10.1.